The van der Waals surface area contributed by atoms with Crippen LogP contribution in [0, 0.1) is 0 Å². The van der Waals surface area contributed by atoms with Gasteiger partial charge in [-0.3, -0.25) is 0 Å². The Hall–Kier alpha value is -1.28. The summed E-state index contributed by atoms with van der Waals surface area (Å²) >= 11 is 0. The number of rotatable bonds is 3. The second kappa shape index (κ2) is 5.84. The smallest absolute Gasteiger partial charge is 0.382 e. The lowest BCUT2D eigenvalue weighted by atomic mass is 10.1. The summed E-state index contributed by atoms with van der Waals surface area (Å²) in [5, 5.41) is 6.20. The molecule has 0 spiro atoms. The monoisotopic (exact) mass is 322 g/mol. The zero-order chi connectivity index (χ0) is 15.7. The summed E-state index contributed by atoms with van der Waals surface area (Å²) < 4.78 is 62.1. The van der Waals surface area contributed by atoms with Gasteiger partial charge in [-0.15, -0.1) is 0 Å². The Labute approximate surface area is 121 Å². The Bertz CT molecular complexity index is 608. The Morgan fingerprint density at radius 2 is 1.86 bits per heavy atom. The average Bonchev–Trinajstić information content (AvgIpc) is 2.37. The minimum absolute atomic E-state index is 0.0939. The van der Waals surface area contributed by atoms with Crippen molar-refractivity contribution < 1.29 is 21.6 Å². The molecule has 1 aliphatic heterocycles. The fourth-order valence-electron chi connectivity index (χ4n) is 2.37. The van der Waals surface area contributed by atoms with Crippen LogP contribution in [0.25, 0.3) is 0 Å². The normalized spacial score (nSPS) is 17.7. The third-order valence-electron chi connectivity index (χ3n) is 3.39. The molecule has 0 radical (unpaired) electrons. The lowest BCUT2D eigenvalue weighted by Crippen LogP contribution is -2.35. The van der Waals surface area contributed by atoms with E-state index in [-0.39, 0.29) is 6.04 Å². The Balaban J connectivity index is 2.33. The van der Waals surface area contributed by atoms with Gasteiger partial charge in [-0.25, -0.2) is 8.42 Å². The first-order valence-electron chi connectivity index (χ1n) is 6.56. The van der Waals surface area contributed by atoms with Gasteiger partial charge in [0.05, 0.1) is 10.5 Å². The van der Waals surface area contributed by atoms with Crippen LogP contribution in [0.15, 0.2) is 23.1 Å². The van der Waals surface area contributed by atoms with Crippen molar-refractivity contribution in [1.82, 2.24) is 5.32 Å². The highest BCUT2D eigenvalue weighted by molar-refractivity contribution is 7.90. The lowest BCUT2D eigenvalue weighted by Gasteiger charge is -2.25. The number of alkyl halides is 3. The van der Waals surface area contributed by atoms with Gasteiger partial charge >= 0.3 is 6.18 Å². The fourth-order valence-corrected chi connectivity index (χ4v) is 3.26. The fraction of sp³-hybridized carbons (Fsp3) is 0.538. The van der Waals surface area contributed by atoms with Crippen LogP contribution in [0.4, 0.5) is 18.9 Å². The molecule has 1 aromatic carbocycles. The van der Waals surface area contributed by atoms with Crippen LogP contribution in [0.1, 0.15) is 18.4 Å². The molecule has 1 fully saturated rings. The van der Waals surface area contributed by atoms with Gasteiger partial charge in [-0.05, 0) is 44.1 Å². The molecule has 21 heavy (non-hydrogen) atoms. The van der Waals surface area contributed by atoms with E-state index in [1.807, 2.05) is 0 Å². The average molecular weight is 322 g/mol. The molecule has 8 heteroatoms. The molecule has 0 aromatic heterocycles. The van der Waals surface area contributed by atoms with E-state index in [4.69, 9.17) is 0 Å². The van der Waals surface area contributed by atoms with E-state index in [1.165, 1.54) is 6.07 Å². The largest absolute Gasteiger partial charge is 0.417 e. The van der Waals surface area contributed by atoms with Gasteiger partial charge in [-0.1, -0.05) is 0 Å². The highest BCUT2D eigenvalue weighted by Gasteiger charge is 2.36. The van der Waals surface area contributed by atoms with Gasteiger partial charge < -0.3 is 10.6 Å². The SMILES string of the molecule is CS(=O)(=O)c1ccc(NC2CCNCC2)cc1C(F)(F)F. The molecule has 0 aliphatic carbocycles. The first-order valence-corrected chi connectivity index (χ1v) is 8.45. The van der Waals surface area contributed by atoms with Crippen LogP contribution in [0.5, 0.6) is 0 Å². The molecule has 2 N–H and O–H groups in total. The molecule has 118 valence electrons. The van der Waals surface area contributed by atoms with E-state index >= 15 is 0 Å². The minimum Gasteiger partial charge on any atom is -0.382 e. The van der Waals surface area contributed by atoms with Crippen molar-refractivity contribution in [3.8, 4) is 0 Å². The second-order valence-corrected chi connectivity index (χ2v) is 7.13. The number of benzene rings is 1. The van der Waals surface area contributed by atoms with E-state index in [9.17, 15) is 21.6 Å². The zero-order valence-electron chi connectivity index (χ0n) is 11.5. The molecular formula is C13H17F3N2O2S. The molecule has 0 atom stereocenters. The molecular weight excluding hydrogens is 305 g/mol. The molecule has 1 aromatic rings. The van der Waals surface area contributed by atoms with Gasteiger partial charge in [0.1, 0.15) is 0 Å². The number of anilines is 1. The van der Waals surface area contributed by atoms with Gasteiger partial charge in [0.15, 0.2) is 9.84 Å². The summed E-state index contributed by atoms with van der Waals surface area (Å²) in [7, 11) is -3.92. The first-order chi connectivity index (χ1) is 9.68. The number of halogens is 3. The summed E-state index contributed by atoms with van der Waals surface area (Å²) in [6.07, 6.45) is -2.30. The number of sulfone groups is 1. The zero-order valence-corrected chi connectivity index (χ0v) is 12.3. The van der Waals surface area contributed by atoms with Crippen molar-refractivity contribution in [2.75, 3.05) is 24.7 Å². The van der Waals surface area contributed by atoms with Gasteiger partial charge in [0.2, 0.25) is 0 Å². The number of piperidine rings is 1. The molecule has 1 aliphatic rings. The van der Waals surface area contributed by atoms with E-state index in [0.717, 1.165) is 44.3 Å². The predicted molar refractivity (Wildman–Crippen MR) is 74.1 cm³/mol. The maximum absolute atomic E-state index is 13.0. The van der Waals surface area contributed by atoms with Gasteiger partial charge in [0.25, 0.3) is 0 Å². The Morgan fingerprint density at radius 3 is 2.38 bits per heavy atom. The highest BCUT2D eigenvalue weighted by Crippen LogP contribution is 2.36. The van der Waals surface area contributed by atoms with E-state index in [1.54, 1.807) is 0 Å². The van der Waals surface area contributed by atoms with Crippen LogP contribution in [0.2, 0.25) is 0 Å². The maximum atomic E-state index is 13.0. The first kappa shape index (κ1) is 16.1. The molecule has 0 bridgehead atoms. The van der Waals surface area contributed by atoms with Crippen molar-refractivity contribution in [2.45, 2.75) is 30.0 Å². The highest BCUT2D eigenvalue weighted by atomic mass is 32.2. The molecule has 4 nitrogen and oxygen atoms in total. The minimum atomic E-state index is -4.70. The number of hydrogen-bond acceptors (Lipinski definition) is 4. The summed E-state index contributed by atoms with van der Waals surface area (Å²) in [5.74, 6) is 0. The van der Waals surface area contributed by atoms with Crippen molar-refractivity contribution >= 4 is 15.5 Å². The summed E-state index contributed by atoms with van der Waals surface area (Å²) in [5.41, 5.74) is -0.828. The number of hydrogen-bond donors (Lipinski definition) is 2. The van der Waals surface area contributed by atoms with Crippen molar-refractivity contribution in [3.05, 3.63) is 23.8 Å². The van der Waals surface area contributed by atoms with E-state index in [0.29, 0.717) is 5.69 Å². The van der Waals surface area contributed by atoms with Crippen LogP contribution in [-0.2, 0) is 16.0 Å². The van der Waals surface area contributed by atoms with Crippen LogP contribution in [0.3, 0.4) is 0 Å². The standard InChI is InChI=1S/C13H17F3N2O2S/c1-21(19,20)12-3-2-10(8-11(12)13(14,15)16)18-9-4-6-17-7-5-9/h2-3,8-9,17-18H,4-7H2,1H3. The summed E-state index contributed by atoms with van der Waals surface area (Å²) in [6.45, 7) is 1.62. The summed E-state index contributed by atoms with van der Waals surface area (Å²) in [4.78, 5) is -0.689. The van der Waals surface area contributed by atoms with E-state index < -0.39 is 26.5 Å². The molecule has 1 heterocycles. The van der Waals surface area contributed by atoms with Gasteiger partial charge in [0, 0.05) is 18.0 Å². The second-order valence-electron chi connectivity index (χ2n) is 5.15. The van der Waals surface area contributed by atoms with Crippen LogP contribution >= 0.6 is 0 Å². The molecule has 0 amide bonds. The van der Waals surface area contributed by atoms with Crippen LogP contribution < -0.4 is 10.6 Å². The van der Waals surface area contributed by atoms with Crippen molar-refractivity contribution in [3.63, 3.8) is 0 Å². The third-order valence-corrected chi connectivity index (χ3v) is 4.55. The third kappa shape index (κ3) is 4.10. The predicted octanol–water partition coefficient (Wildman–Crippen LogP) is 2.27. The Morgan fingerprint density at radius 1 is 1.24 bits per heavy atom. The van der Waals surface area contributed by atoms with Crippen LogP contribution in [-0.4, -0.2) is 33.8 Å². The topological polar surface area (TPSA) is 58.2 Å². The summed E-state index contributed by atoms with van der Waals surface area (Å²) in [6, 6.07) is 3.37. The number of nitrogens with one attached hydrogen (secondary N) is 2. The molecule has 0 unspecified atom stereocenters. The lowest BCUT2D eigenvalue weighted by molar-refractivity contribution is -0.139. The van der Waals surface area contributed by atoms with Gasteiger partial charge in [-0.2, -0.15) is 13.2 Å². The molecule has 0 saturated carbocycles. The molecule has 2 rings (SSSR count). The van der Waals surface area contributed by atoms with Crippen molar-refractivity contribution in [1.29, 1.82) is 0 Å². The quantitative estimate of drug-likeness (QED) is 0.896. The Kier molecular flexibility index (Phi) is 4.48. The molecule has 1 saturated heterocycles. The maximum Gasteiger partial charge on any atom is 0.417 e. The van der Waals surface area contributed by atoms with E-state index in [2.05, 4.69) is 10.6 Å². The van der Waals surface area contributed by atoms with Crippen molar-refractivity contribution in [2.24, 2.45) is 0 Å².